The quantitative estimate of drug-likeness (QED) is 0.351. The Kier molecular flexibility index (Phi) is 10.4. The molecule has 6 aliphatic rings. The van der Waals surface area contributed by atoms with Gasteiger partial charge in [-0.15, -0.1) is 0 Å². The lowest BCUT2D eigenvalue weighted by Crippen LogP contribution is -2.60. The molecule has 5 amide bonds. The molecule has 1 aromatic carbocycles. The van der Waals surface area contributed by atoms with E-state index in [0.717, 1.165) is 43.9 Å². The first-order chi connectivity index (χ1) is 27.0. The number of carbonyl (C=O) groups excluding carboxylic acids is 5. The van der Waals surface area contributed by atoms with Gasteiger partial charge in [-0.25, -0.2) is 18.2 Å². The Bertz CT molecular complexity index is 2050. The zero-order valence-corrected chi connectivity index (χ0v) is 32.4. The van der Waals surface area contributed by atoms with E-state index in [0.29, 0.717) is 43.4 Å². The lowest BCUT2D eigenvalue weighted by atomic mass is 9.93. The number of sulfonamides is 1. The minimum Gasteiger partial charge on any atom is -0.496 e. The molecule has 4 heterocycles. The number of allylic oxidation sites excluding steroid dienone is 1. The van der Waals surface area contributed by atoms with E-state index in [1.165, 1.54) is 12.0 Å². The first-order valence-corrected chi connectivity index (χ1v) is 21.6. The van der Waals surface area contributed by atoms with Crippen LogP contribution in [0.4, 0.5) is 4.79 Å². The summed E-state index contributed by atoms with van der Waals surface area (Å²) < 4.78 is 39.3. The first kappa shape index (κ1) is 38.2. The lowest BCUT2D eigenvalue weighted by molar-refractivity contribution is -0.142. The maximum atomic E-state index is 14.7. The number of ether oxygens (including phenoxy) is 2. The van der Waals surface area contributed by atoms with E-state index in [1.54, 1.807) is 17.0 Å². The summed E-state index contributed by atoms with van der Waals surface area (Å²) in [5.41, 5.74) is -0.742. The zero-order valence-electron chi connectivity index (χ0n) is 31.6. The van der Waals surface area contributed by atoms with Crippen LogP contribution < -0.4 is 20.1 Å². The Hall–Kier alpha value is -4.73. The second-order valence-corrected chi connectivity index (χ2v) is 18.3. The Morgan fingerprint density at radius 1 is 0.964 bits per heavy atom. The van der Waals surface area contributed by atoms with E-state index in [2.05, 4.69) is 20.3 Å². The largest absolute Gasteiger partial charge is 0.496 e. The molecule has 0 bridgehead atoms. The van der Waals surface area contributed by atoms with Crippen molar-refractivity contribution in [1.82, 2.24) is 30.1 Å². The molecule has 15 nitrogen and oxygen atoms in total. The van der Waals surface area contributed by atoms with Gasteiger partial charge >= 0.3 is 6.09 Å². The second-order valence-electron chi connectivity index (χ2n) is 16.3. The number of carbonyl (C=O) groups is 5. The van der Waals surface area contributed by atoms with Crippen LogP contribution in [0.3, 0.4) is 0 Å². The lowest BCUT2D eigenvalue weighted by Gasteiger charge is -2.33. The van der Waals surface area contributed by atoms with Gasteiger partial charge in [-0.05, 0) is 76.3 Å². The predicted octanol–water partition coefficient (Wildman–Crippen LogP) is 3.18. The minimum atomic E-state index is -3.91. The molecule has 300 valence electrons. The van der Waals surface area contributed by atoms with Crippen molar-refractivity contribution in [3.05, 3.63) is 48.2 Å². The average molecular weight is 791 g/mol. The number of hydrogen-bond donors (Lipinski definition) is 3. The molecule has 0 spiro atoms. The number of fused-ring (bicyclic) bond motifs is 5. The van der Waals surface area contributed by atoms with Gasteiger partial charge in [0.2, 0.25) is 21.8 Å². The molecule has 56 heavy (non-hydrogen) atoms. The number of rotatable bonds is 7. The monoisotopic (exact) mass is 790 g/mol. The molecule has 3 aliphatic carbocycles. The Morgan fingerprint density at radius 3 is 2.50 bits per heavy atom. The van der Waals surface area contributed by atoms with Crippen molar-refractivity contribution >= 4 is 50.6 Å². The van der Waals surface area contributed by atoms with Crippen LogP contribution in [0.2, 0.25) is 0 Å². The third kappa shape index (κ3) is 7.55. The number of alkyl carbamates (subject to hydrolysis) is 1. The number of benzene rings is 1. The van der Waals surface area contributed by atoms with E-state index < -0.39 is 68.5 Å². The third-order valence-corrected chi connectivity index (χ3v) is 14.3. The fraction of sp³-hybridized carbons (Fsp3) is 0.600. The average Bonchev–Trinajstić information content (AvgIpc) is 4.00. The summed E-state index contributed by atoms with van der Waals surface area (Å²) in [4.78, 5) is 78.1. The molecular weight excluding hydrogens is 741 g/mol. The highest BCUT2D eigenvalue weighted by molar-refractivity contribution is 7.91. The van der Waals surface area contributed by atoms with Gasteiger partial charge in [-0.1, -0.05) is 37.1 Å². The highest BCUT2D eigenvalue weighted by Crippen LogP contribution is 2.47. The SMILES string of the molecule is COc1cc(C(=O)N2C[C@H]3CN4C(=O)[C@@H](NC(=O)OC5CCCC5)CCCCC/C=C\[C@@H]5C[C@]5(C(=O)NS(=O)(=O)C5CC5)NC(=O)[C@@H]4[C@H]3C2)nc2ccccc12. The van der Waals surface area contributed by atoms with Gasteiger partial charge in [0.05, 0.1) is 17.9 Å². The molecule has 2 saturated heterocycles. The van der Waals surface area contributed by atoms with Crippen molar-refractivity contribution < 1.29 is 41.9 Å². The van der Waals surface area contributed by atoms with Crippen LogP contribution in [0.15, 0.2) is 42.5 Å². The van der Waals surface area contributed by atoms with Gasteiger partial charge in [0.1, 0.15) is 35.2 Å². The number of para-hydroxylation sites is 1. The Labute approximate surface area is 326 Å². The van der Waals surface area contributed by atoms with Gasteiger partial charge < -0.3 is 29.9 Å². The number of nitrogens with one attached hydrogen (secondary N) is 3. The van der Waals surface area contributed by atoms with Crippen LogP contribution in [0.1, 0.15) is 87.5 Å². The van der Waals surface area contributed by atoms with Crippen LogP contribution in [0.5, 0.6) is 5.75 Å². The summed E-state index contributed by atoms with van der Waals surface area (Å²) in [6.07, 6.45) is 10.8. The summed E-state index contributed by atoms with van der Waals surface area (Å²) in [7, 11) is -2.38. The van der Waals surface area contributed by atoms with Gasteiger partial charge in [0.15, 0.2) is 0 Å². The molecule has 5 fully saturated rings. The van der Waals surface area contributed by atoms with Crippen molar-refractivity contribution in [2.45, 2.75) is 106 Å². The molecule has 3 aliphatic heterocycles. The summed E-state index contributed by atoms with van der Waals surface area (Å²) in [5.74, 6) is -2.95. The highest BCUT2D eigenvalue weighted by atomic mass is 32.2. The van der Waals surface area contributed by atoms with E-state index in [9.17, 15) is 32.4 Å². The molecule has 0 unspecified atom stereocenters. The number of methoxy groups -OCH3 is 1. The zero-order chi connectivity index (χ0) is 39.2. The first-order valence-electron chi connectivity index (χ1n) is 20.0. The van der Waals surface area contributed by atoms with Crippen molar-refractivity contribution in [2.24, 2.45) is 17.8 Å². The number of aromatic nitrogens is 1. The number of likely N-dealkylation sites (tertiary alicyclic amines) is 1. The van der Waals surface area contributed by atoms with E-state index >= 15 is 0 Å². The van der Waals surface area contributed by atoms with Gasteiger partial charge in [-0.3, -0.25) is 23.9 Å². The topological polar surface area (TPSA) is 193 Å². The van der Waals surface area contributed by atoms with Crippen LogP contribution in [0.25, 0.3) is 10.9 Å². The van der Waals surface area contributed by atoms with Crippen LogP contribution in [-0.2, 0) is 29.1 Å². The van der Waals surface area contributed by atoms with E-state index in [4.69, 9.17) is 9.47 Å². The van der Waals surface area contributed by atoms with Gasteiger partial charge in [0, 0.05) is 48.8 Å². The number of nitrogens with zero attached hydrogens (tertiary/aromatic N) is 3. The van der Waals surface area contributed by atoms with Crippen LogP contribution in [0, 0.1) is 17.8 Å². The Morgan fingerprint density at radius 2 is 1.73 bits per heavy atom. The third-order valence-electron chi connectivity index (χ3n) is 12.5. The number of amides is 5. The maximum absolute atomic E-state index is 14.7. The summed E-state index contributed by atoms with van der Waals surface area (Å²) in [5, 5.41) is 5.88. The van der Waals surface area contributed by atoms with Crippen molar-refractivity contribution in [2.75, 3.05) is 26.7 Å². The van der Waals surface area contributed by atoms with Gasteiger partial charge in [-0.2, -0.15) is 0 Å². The fourth-order valence-corrected chi connectivity index (χ4v) is 10.5. The smallest absolute Gasteiger partial charge is 0.408 e. The maximum Gasteiger partial charge on any atom is 0.408 e. The molecule has 6 atom stereocenters. The summed E-state index contributed by atoms with van der Waals surface area (Å²) >= 11 is 0. The Balaban J connectivity index is 1.09. The van der Waals surface area contributed by atoms with Crippen LogP contribution in [-0.4, -0.2) is 109 Å². The molecule has 1 aromatic heterocycles. The molecule has 8 rings (SSSR count). The van der Waals surface area contributed by atoms with E-state index in [1.807, 2.05) is 30.4 Å². The van der Waals surface area contributed by atoms with Crippen molar-refractivity contribution in [3.63, 3.8) is 0 Å². The van der Waals surface area contributed by atoms with Gasteiger partial charge in [0.25, 0.3) is 11.8 Å². The second kappa shape index (κ2) is 15.3. The molecule has 2 aromatic rings. The molecule has 16 heteroatoms. The van der Waals surface area contributed by atoms with Crippen molar-refractivity contribution in [1.29, 1.82) is 0 Å². The predicted molar refractivity (Wildman–Crippen MR) is 204 cm³/mol. The summed E-state index contributed by atoms with van der Waals surface area (Å²) in [6.45, 7) is 0.503. The molecule has 3 saturated carbocycles. The highest BCUT2D eigenvalue weighted by Gasteiger charge is 2.63. The van der Waals surface area contributed by atoms with Crippen molar-refractivity contribution in [3.8, 4) is 5.75 Å². The molecule has 3 N–H and O–H groups in total. The number of hydrogen-bond acceptors (Lipinski definition) is 10. The minimum absolute atomic E-state index is 0.128. The van der Waals surface area contributed by atoms with E-state index in [-0.39, 0.29) is 49.7 Å². The summed E-state index contributed by atoms with van der Waals surface area (Å²) in [6, 6.07) is 6.88. The fourth-order valence-electron chi connectivity index (χ4n) is 9.15. The standard InChI is InChI=1S/C40H50N6O9S/c1-54-33-19-32(41-30-15-10-9-14-28(30)33)36(48)45-21-24-22-46-34(29(24)23-45)35(47)43-40(38(50)44-56(52,53)27-17-18-27)20-25(40)11-5-3-2-4-6-16-31(37(46)49)42-39(51)55-26-12-7-8-13-26/h5,9-11,14-15,19,24-27,29,31,34H,2-4,6-8,12-13,16-18,20-23H2,1H3,(H,42,51)(H,43,47)(H,44,50)/b11-5-/t24-,25+,29-,31-,34-,40-/m0/s1. The number of pyridine rings is 1. The molecule has 0 radical (unpaired) electrons. The molecular formula is C40H50N6O9S. The normalized spacial score (nSPS) is 30.3. The van der Waals surface area contributed by atoms with Crippen LogP contribution >= 0.6 is 0 Å².